The molecule has 1 N–H and O–H groups in total. The molecule has 0 bridgehead atoms. The number of alkyl halides is 6. The Morgan fingerprint density at radius 2 is 1.63 bits per heavy atom. The molecule has 1 aromatic heterocycles. The Labute approximate surface area is 218 Å². The average Bonchev–Trinajstić information content (AvgIpc) is 3.29. The van der Waals surface area contributed by atoms with Crippen LogP contribution in [0.15, 0.2) is 48.7 Å². The molecule has 0 spiro atoms. The fourth-order valence-electron chi connectivity index (χ4n) is 4.84. The highest BCUT2D eigenvalue weighted by Crippen LogP contribution is 2.50. The molecule has 1 fully saturated rings. The van der Waals surface area contributed by atoms with Crippen LogP contribution in [-0.4, -0.2) is 24.4 Å². The Balaban J connectivity index is 1.90. The molecule has 11 heteroatoms. The number of fused-ring (bicyclic) bond motifs is 1. The van der Waals surface area contributed by atoms with Gasteiger partial charge in [0, 0.05) is 29.2 Å². The molecular weight excluding hydrogens is 530 g/mol. The summed E-state index contributed by atoms with van der Waals surface area (Å²) in [4.78, 5) is 0. The highest BCUT2D eigenvalue weighted by atomic mass is 32.2. The van der Waals surface area contributed by atoms with Gasteiger partial charge < -0.3 is 4.57 Å². The van der Waals surface area contributed by atoms with Crippen LogP contribution in [0.5, 0.6) is 0 Å². The molecule has 3 aromatic rings. The zero-order valence-corrected chi connectivity index (χ0v) is 22.4. The quantitative estimate of drug-likeness (QED) is 0.314. The third-order valence-corrected chi connectivity index (χ3v) is 8.94. The Morgan fingerprint density at radius 1 is 1.03 bits per heavy atom. The van der Waals surface area contributed by atoms with Crippen LogP contribution in [0.25, 0.3) is 22.0 Å². The summed E-state index contributed by atoms with van der Waals surface area (Å²) in [6.45, 7) is 9.23. The molecule has 1 saturated carbocycles. The van der Waals surface area contributed by atoms with E-state index in [-0.39, 0.29) is 40.6 Å². The van der Waals surface area contributed by atoms with E-state index >= 15 is 0 Å². The summed E-state index contributed by atoms with van der Waals surface area (Å²) < 4.78 is 113. The summed E-state index contributed by atoms with van der Waals surface area (Å²) in [5.74, 6) is 0. The molecule has 0 radical (unpaired) electrons. The number of sulfonamides is 1. The molecule has 4 nitrogen and oxygen atoms in total. The van der Waals surface area contributed by atoms with Gasteiger partial charge in [0.25, 0.3) is 0 Å². The lowest BCUT2D eigenvalue weighted by molar-refractivity contribution is -0.152. The largest absolute Gasteiger partial charge is 0.417 e. The van der Waals surface area contributed by atoms with E-state index < -0.39 is 50.1 Å². The van der Waals surface area contributed by atoms with Crippen LogP contribution in [0.1, 0.15) is 58.2 Å². The van der Waals surface area contributed by atoms with Gasteiger partial charge >= 0.3 is 12.4 Å². The number of benzene rings is 2. The van der Waals surface area contributed by atoms with Crippen molar-refractivity contribution in [2.45, 2.75) is 71.2 Å². The lowest BCUT2D eigenvalue weighted by Crippen LogP contribution is -2.40. The highest BCUT2D eigenvalue weighted by molar-refractivity contribution is 7.90. The Bertz CT molecular complexity index is 1460. The molecule has 208 valence electrons. The third kappa shape index (κ3) is 5.73. The summed E-state index contributed by atoms with van der Waals surface area (Å²) in [7, 11) is -4.30. The number of rotatable bonds is 6. The molecule has 1 aliphatic carbocycles. The second-order valence-corrected chi connectivity index (χ2v) is 13.8. The van der Waals surface area contributed by atoms with Crippen LogP contribution >= 0.6 is 0 Å². The SMILES string of the molecule is CC(C)(C)Cn1cc([C@H](NS(=O)(=O)C2CC2(C)C)C(F)(F)F)c2ccc(-c3ccccc3C(F)(F)F)cc21. The molecule has 38 heavy (non-hydrogen) atoms. The van der Waals surface area contributed by atoms with Gasteiger partial charge in [-0.1, -0.05) is 65.0 Å². The Hall–Kier alpha value is -2.53. The maximum atomic E-state index is 14.4. The average molecular weight is 561 g/mol. The molecule has 0 aliphatic heterocycles. The van der Waals surface area contributed by atoms with Gasteiger partial charge in [-0.3, -0.25) is 0 Å². The monoisotopic (exact) mass is 560 g/mol. The molecule has 1 unspecified atom stereocenters. The lowest BCUT2D eigenvalue weighted by Gasteiger charge is -2.22. The van der Waals surface area contributed by atoms with E-state index in [1.165, 1.54) is 42.6 Å². The summed E-state index contributed by atoms with van der Waals surface area (Å²) in [6, 6.07) is 6.58. The van der Waals surface area contributed by atoms with Gasteiger partial charge in [-0.15, -0.1) is 0 Å². The molecule has 1 heterocycles. The fraction of sp³-hybridized carbons (Fsp3) is 0.481. The molecule has 4 rings (SSSR count). The topological polar surface area (TPSA) is 51.1 Å². The van der Waals surface area contributed by atoms with Gasteiger partial charge in [0.1, 0.15) is 6.04 Å². The number of nitrogens with zero attached hydrogens (tertiary/aromatic N) is 1. The zero-order valence-electron chi connectivity index (χ0n) is 21.6. The first kappa shape index (κ1) is 28.5. The van der Waals surface area contributed by atoms with Crippen molar-refractivity contribution in [3.8, 4) is 11.1 Å². The number of aromatic nitrogens is 1. The van der Waals surface area contributed by atoms with Gasteiger partial charge in [-0.2, -0.15) is 31.1 Å². The van der Waals surface area contributed by atoms with Crippen molar-refractivity contribution < 1.29 is 34.8 Å². The molecule has 0 saturated heterocycles. The van der Waals surface area contributed by atoms with Gasteiger partial charge in [0.2, 0.25) is 10.0 Å². The number of halogens is 6. The molecule has 2 aromatic carbocycles. The van der Waals surface area contributed by atoms with Crippen LogP contribution in [0.3, 0.4) is 0 Å². The lowest BCUT2D eigenvalue weighted by atomic mass is 9.96. The van der Waals surface area contributed by atoms with E-state index in [0.29, 0.717) is 0 Å². The van der Waals surface area contributed by atoms with Crippen molar-refractivity contribution in [1.82, 2.24) is 9.29 Å². The van der Waals surface area contributed by atoms with Crippen molar-refractivity contribution in [1.29, 1.82) is 0 Å². The van der Waals surface area contributed by atoms with Crippen LogP contribution in [0, 0.1) is 10.8 Å². The molecular formula is C27H30F6N2O2S. The predicted octanol–water partition coefficient (Wildman–Crippen LogP) is 7.69. The van der Waals surface area contributed by atoms with Crippen LogP contribution in [0.4, 0.5) is 26.3 Å². The molecule has 0 amide bonds. The van der Waals surface area contributed by atoms with Crippen molar-refractivity contribution in [3.05, 3.63) is 59.8 Å². The first-order valence-corrected chi connectivity index (χ1v) is 13.6. The maximum absolute atomic E-state index is 14.4. The summed E-state index contributed by atoms with van der Waals surface area (Å²) >= 11 is 0. The smallest absolute Gasteiger partial charge is 0.347 e. The van der Waals surface area contributed by atoms with E-state index in [4.69, 9.17) is 0 Å². The van der Waals surface area contributed by atoms with E-state index in [9.17, 15) is 34.8 Å². The van der Waals surface area contributed by atoms with Gasteiger partial charge in [-0.05, 0) is 40.5 Å². The number of hydrogen-bond donors (Lipinski definition) is 1. The minimum Gasteiger partial charge on any atom is -0.347 e. The summed E-state index contributed by atoms with van der Waals surface area (Å²) in [5.41, 5.74) is -1.80. The Morgan fingerprint density at radius 3 is 2.16 bits per heavy atom. The van der Waals surface area contributed by atoms with Gasteiger partial charge in [0.15, 0.2) is 0 Å². The third-order valence-electron chi connectivity index (χ3n) is 6.82. The van der Waals surface area contributed by atoms with Gasteiger partial charge in [0.05, 0.1) is 10.8 Å². The van der Waals surface area contributed by atoms with Crippen molar-refractivity contribution in [2.24, 2.45) is 10.8 Å². The van der Waals surface area contributed by atoms with E-state index in [1.807, 2.05) is 25.5 Å². The standard InChI is InChI=1S/C27H30F6N2O2S/c1-24(2,3)15-35-14-19(23(27(31,32)33)34-38(36,37)22-13-25(22,4)5)18-11-10-16(12-21(18)35)17-8-6-7-9-20(17)26(28,29)30/h6-12,14,22-23,34H,13,15H2,1-5H3/t22?,23-/m0/s1. The second kappa shape index (κ2) is 9.01. The first-order valence-electron chi connectivity index (χ1n) is 12.1. The maximum Gasteiger partial charge on any atom is 0.417 e. The normalized spacial score (nSPS) is 19.1. The van der Waals surface area contributed by atoms with Crippen LogP contribution < -0.4 is 4.72 Å². The minimum atomic E-state index is -4.95. The number of nitrogens with one attached hydrogen (secondary N) is 1. The van der Waals surface area contributed by atoms with E-state index in [0.717, 1.165) is 6.07 Å². The zero-order chi connectivity index (χ0) is 28.5. The minimum absolute atomic E-state index is 0.101. The van der Waals surface area contributed by atoms with E-state index in [2.05, 4.69) is 0 Å². The van der Waals surface area contributed by atoms with Crippen molar-refractivity contribution in [3.63, 3.8) is 0 Å². The first-order chi connectivity index (χ1) is 17.2. The highest BCUT2D eigenvalue weighted by Gasteiger charge is 2.56. The van der Waals surface area contributed by atoms with Gasteiger partial charge in [-0.25, -0.2) is 8.42 Å². The summed E-state index contributed by atoms with van der Waals surface area (Å²) in [6.07, 6.45) is -8.07. The van der Waals surface area contributed by atoms with Crippen LogP contribution in [0.2, 0.25) is 0 Å². The van der Waals surface area contributed by atoms with Crippen molar-refractivity contribution in [2.75, 3.05) is 0 Å². The summed E-state index contributed by atoms with van der Waals surface area (Å²) in [5, 5.41) is -0.823. The Kier molecular flexibility index (Phi) is 6.75. The van der Waals surface area contributed by atoms with Crippen LogP contribution in [-0.2, 0) is 22.7 Å². The predicted molar refractivity (Wildman–Crippen MR) is 135 cm³/mol. The second-order valence-electron chi connectivity index (χ2n) is 11.9. The van der Waals surface area contributed by atoms with E-state index in [1.54, 1.807) is 18.4 Å². The fourth-order valence-corrected chi connectivity index (χ4v) is 7.09. The molecule has 2 atom stereocenters. The van der Waals surface area contributed by atoms with Crippen molar-refractivity contribution >= 4 is 20.9 Å². The number of hydrogen-bond acceptors (Lipinski definition) is 2. The molecule has 1 aliphatic rings.